The van der Waals surface area contributed by atoms with Gasteiger partial charge < -0.3 is 10.2 Å². The van der Waals surface area contributed by atoms with Crippen molar-refractivity contribution in [3.05, 3.63) is 12.5 Å². The fourth-order valence-electron chi connectivity index (χ4n) is 2.78. The predicted molar refractivity (Wildman–Crippen MR) is 79.9 cm³/mol. The topological polar surface area (TPSA) is 86.8 Å². The number of hydrogen-bond acceptors (Lipinski definition) is 5. The maximum Gasteiger partial charge on any atom is 0.224 e. The lowest BCUT2D eigenvalue weighted by atomic mass is 9.97. The smallest absolute Gasteiger partial charge is 0.224 e. The minimum absolute atomic E-state index is 0.0298. The molecule has 1 atom stereocenters. The number of carbonyl (C=O) groups is 1. The predicted octanol–water partition coefficient (Wildman–Crippen LogP) is 1.10. The van der Waals surface area contributed by atoms with Crippen molar-refractivity contribution in [2.24, 2.45) is 5.92 Å². The fourth-order valence-corrected chi connectivity index (χ4v) is 2.78. The van der Waals surface area contributed by atoms with Crippen LogP contribution < -0.4 is 10.2 Å². The summed E-state index contributed by atoms with van der Waals surface area (Å²) in [6.45, 7) is 4.42. The van der Waals surface area contributed by atoms with Crippen LogP contribution in [-0.4, -0.2) is 45.7 Å². The van der Waals surface area contributed by atoms with E-state index < -0.39 is 0 Å². The second-order valence-electron chi connectivity index (χ2n) is 5.41. The van der Waals surface area contributed by atoms with Gasteiger partial charge in [-0.2, -0.15) is 5.10 Å². The summed E-state index contributed by atoms with van der Waals surface area (Å²) >= 11 is 0. The Morgan fingerprint density at radius 1 is 1.52 bits per heavy atom. The standard InChI is InChI=1S/C14H20N6O/c1-2-5-15-14(21)10-4-3-6-20(8-10)13-11-7-18-19-12(11)16-9-17-13/h7,9-10H,2-6,8H2,1H3,(H,15,21)(H,16,17,18,19). The molecule has 0 bridgehead atoms. The first-order valence-electron chi connectivity index (χ1n) is 7.46. The van der Waals surface area contributed by atoms with E-state index in [1.807, 2.05) is 0 Å². The molecule has 0 aliphatic carbocycles. The molecule has 1 saturated heterocycles. The maximum absolute atomic E-state index is 12.2. The Morgan fingerprint density at radius 3 is 3.29 bits per heavy atom. The number of amides is 1. The third-order valence-corrected chi connectivity index (χ3v) is 3.87. The van der Waals surface area contributed by atoms with Crippen LogP contribution in [0.2, 0.25) is 0 Å². The first kappa shape index (κ1) is 13.8. The summed E-state index contributed by atoms with van der Waals surface area (Å²) in [4.78, 5) is 22.9. The number of fused-ring (bicyclic) bond motifs is 1. The number of hydrogen-bond donors (Lipinski definition) is 2. The van der Waals surface area contributed by atoms with Gasteiger partial charge in [-0.25, -0.2) is 9.97 Å². The SMILES string of the molecule is CCCNC(=O)C1CCCN(c2ncnc3[nH]ncc23)C1. The van der Waals surface area contributed by atoms with E-state index >= 15 is 0 Å². The average Bonchev–Trinajstić information content (AvgIpc) is 3.01. The van der Waals surface area contributed by atoms with Crippen molar-refractivity contribution in [2.75, 3.05) is 24.5 Å². The van der Waals surface area contributed by atoms with Crippen LogP contribution in [0.1, 0.15) is 26.2 Å². The molecule has 2 N–H and O–H groups in total. The third-order valence-electron chi connectivity index (χ3n) is 3.87. The van der Waals surface area contributed by atoms with Crippen molar-refractivity contribution in [3.63, 3.8) is 0 Å². The van der Waals surface area contributed by atoms with Crippen LogP contribution in [-0.2, 0) is 4.79 Å². The minimum Gasteiger partial charge on any atom is -0.356 e. The highest BCUT2D eigenvalue weighted by Gasteiger charge is 2.27. The quantitative estimate of drug-likeness (QED) is 0.879. The molecule has 1 unspecified atom stereocenters. The molecule has 7 nitrogen and oxygen atoms in total. The molecule has 1 fully saturated rings. The van der Waals surface area contributed by atoms with Gasteiger partial charge in [0.2, 0.25) is 5.91 Å². The maximum atomic E-state index is 12.2. The van der Waals surface area contributed by atoms with Crippen LogP contribution >= 0.6 is 0 Å². The zero-order chi connectivity index (χ0) is 14.7. The number of aromatic amines is 1. The monoisotopic (exact) mass is 288 g/mol. The lowest BCUT2D eigenvalue weighted by molar-refractivity contribution is -0.125. The van der Waals surface area contributed by atoms with E-state index in [0.29, 0.717) is 6.54 Å². The van der Waals surface area contributed by atoms with Gasteiger partial charge >= 0.3 is 0 Å². The highest BCUT2D eigenvalue weighted by atomic mass is 16.1. The Balaban J connectivity index is 1.77. The molecule has 7 heteroatoms. The number of rotatable bonds is 4. The minimum atomic E-state index is 0.0298. The van der Waals surface area contributed by atoms with E-state index in [9.17, 15) is 4.79 Å². The highest BCUT2D eigenvalue weighted by Crippen LogP contribution is 2.26. The normalized spacial score (nSPS) is 18.9. The molecule has 2 aromatic rings. The number of carbonyl (C=O) groups excluding carboxylic acids is 1. The van der Waals surface area contributed by atoms with Crippen molar-refractivity contribution in [2.45, 2.75) is 26.2 Å². The largest absolute Gasteiger partial charge is 0.356 e. The van der Waals surface area contributed by atoms with Crippen LogP contribution in [0.3, 0.4) is 0 Å². The Bertz CT molecular complexity index is 625. The first-order valence-corrected chi connectivity index (χ1v) is 7.46. The van der Waals surface area contributed by atoms with Crippen molar-refractivity contribution >= 4 is 22.8 Å². The van der Waals surface area contributed by atoms with Crippen LogP contribution in [0.25, 0.3) is 11.0 Å². The summed E-state index contributed by atoms with van der Waals surface area (Å²) in [5, 5.41) is 10.8. The average molecular weight is 288 g/mol. The van der Waals surface area contributed by atoms with Gasteiger partial charge in [-0.15, -0.1) is 0 Å². The molecule has 0 saturated carbocycles. The van der Waals surface area contributed by atoms with Crippen LogP contribution in [0.4, 0.5) is 5.82 Å². The molecule has 0 aromatic carbocycles. The number of aromatic nitrogens is 4. The van der Waals surface area contributed by atoms with Gasteiger partial charge in [0, 0.05) is 19.6 Å². The molecule has 21 heavy (non-hydrogen) atoms. The number of piperidine rings is 1. The molecule has 112 valence electrons. The van der Waals surface area contributed by atoms with Crippen molar-refractivity contribution in [1.82, 2.24) is 25.5 Å². The molecule has 1 aliphatic heterocycles. The van der Waals surface area contributed by atoms with Crippen molar-refractivity contribution < 1.29 is 4.79 Å². The summed E-state index contributed by atoms with van der Waals surface area (Å²) in [6, 6.07) is 0. The molecule has 2 aromatic heterocycles. The van der Waals surface area contributed by atoms with Crippen LogP contribution in [0, 0.1) is 5.92 Å². The van der Waals surface area contributed by atoms with E-state index in [4.69, 9.17) is 0 Å². The third kappa shape index (κ3) is 2.81. The lowest BCUT2D eigenvalue weighted by Gasteiger charge is -2.33. The van der Waals surface area contributed by atoms with Gasteiger partial charge in [-0.3, -0.25) is 9.89 Å². The van der Waals surface area contributed by atoms with Gasteiger partial charge in [0.25, 0.3) is 0 Å². The van der Waals surface area contributed by atoms with E-state index in [1.165, 1.54) is 6.33 Å². The molecule has 3 heterocycles. The fraction of sp³-hybridized carbons (Fsp3) is 0.571. The summed E-state index contributed by atoms with van der Waals surface area (Å²) in [6.07, 6.45) is 6.17. The molecular weight excluding hydrogens is 268 g/mol. The van der Waals surface area contributed by atoms with Gasteiger partial charge in [0.15, 0.2) is 5.65 Å². The van der Waals surface area contributed by atoms with E-state index in [-0.39, 0.29) is 11.8 Å². The molecular formula is C14H20N6O. The number of nitrogens with one attached hydrogen (secondary N) is 2. The van der Waals surface area contributed by atoms with Gasteiger partial charge in [-0.1, -0.05) is 6.92 Å². The highest BCUT2D eigenvalue weighted by molar-refractivity contribution is 5.87. The van der Waals surface area contributed by atoms with Gasteiger partial charge in [0.05, 0.1) is 17.5 Å². The number of nitrogens with zero attached hydrogens (tertiary/aromatic N) is 4. The van der Waals surface area contributed by atoms with Gasteiger partial charge in [0.1, 0.15) is 12.1 Å². The number of H-pyrrole nitrogens is 1. The Morgan fingerprint density at radius 2 is 2.43 bits per heavy atom. The molecule has 3 rings (SSSR count). The Hall–Kier alpha value is -2.18. The summed E-state index contributed by atoms with van der Waals surface area (Å²) in [5.41, 5.74) is 0.734. The summed E-state index contributed by atoms with van der Waals surface area (Å²) in [5.74, 6) is 1.04. The number of anilines is 1. The van der Waals surface area contributed by atoms with Gasteiger partial charge in [-0.05, 0) is 19.3 Å². The first-order chi connectivity index (χ1) is 10.3. The molecule has 0 spiro atoms. The lowest BCUT2D eigenvalue weighted by Crippen LogP contribution is -2.43. The summed E-state index contributed by atoms with van der Waals surface area (Å²) < 4.78 is 0. The molecule has 0 radical (unpaired) electrons. The second kappa shape index (κ2) is 6.07. The van der Waals surface area contributed by atoms with Crippen molar-refractivity contribution in [3.8, 4) is 0 Å². The van der Waals surface area contributed by atoms with Crippen LogP contribution in [0.15, 0.2) is 12.5 Å². The summed E-state index contributed by atoms with van der Waals surface area (Å²) in [7, 11) is 0. The molecule has 1 amide bonds. The second-order valence-corrected chi connectivity index (χ2v) is 5.41. The zero-order valence-electron chi connectivity index (χ0n) is 12.2. The Kier molecular flexibility index (Phi) is 3.98. The zero-order valence-corrected chi connectivity index (χ0v) is 12.2. The van der Waals surface area contributed by atoms with E-state index in [2.05, 4.69) is 37.3 Å². The Labute approximate surface area is 123 Å². The van der Waals surface area contributed by atoms with E-state index in [1.54, 1.807) is 6.20 Å². The van der Waals surface area contributed by atoms with Crippen LogP contribution in [0.5, 0.6) is 0 Å². The van der Waals surface area contributed by atoms with E-state index in [0.717, 1.165) is 49.2 Å². The molecule has 1 aliphatic rings. The van der Waals surface area contributed by atoms with Crippen molar-refractivity contribution in [1.29, 1.82) is 0 Å².